The summed E-state index contributed by atoms with van der Waals surface area (Å²) in [4.78, 5) is 35.7. The molecule has 0 aromatic heterocycles. The number of carbonyl (C=O) groups is 3. The number of hydrogen-bond acceptors (Lipinski definition) is 5. The van der Waals surface area contributed by atoms with Crippen LogP contribution in [0, 0.1) is 11.8 Å². The number of amides is 2. The van der Waals surface area contributed by atoms with E-state index in [2.05, 4.69) is 10.6 Å². The molecule has 4 unspecified atom stereocenters. The molecule has 1 aromatic rings. The second-order valence-electron chi connectivity index (χ2n) is 6.18. The third-order valence-corrected chi connectivity index (χ3v) is 4.87. The first-order valence-corrected chi connectivity index (χ1v) is 7.62. The van der Waals surface area contributed by atoms with E-state index in [1.165, 1.54) is 0 Å². The van der Waals surface area contributed by atoms with Crippen LogP contribution in [0.25, 0.3) is 0 Å². The molecule has 3 aliphatic rings. The number of anilines is 1. The molecule has 7 heteroatoms. The van der Waals surface area contributed by atoms with Crippen molar-refractivity contribution in [2.45, 2.75) is 24.5 Å². The van der Waals surface area contributed by atoms with E-state index in [0.29, 0.717) is 18.5 Å². The minimum Gasteiger partial charge on any atom is -0.393 e. The van der Waals surface area contributed by atoms with Gasteiger partial charge in [0.1, 0.15) is 11.5 Å². The molecule has 4 atom stereocenters. The fourth-order valence-electron chi connectivity index (χ4n) is 3.88. The van der Waals surface area contributed by atoms with Crippen molar-refractivity contribution in [3.63, 3.8) is 0 Å². The van der Waals surface area contributed by atoms with E-state index < -0.39 is 29.4 Å². The lowest BCUT2D eigenvalue weighted by Crippen LogP contribution is -2.49. The minimum absolute atomic E-state index is 0.172. The minimum atomic E-state index is -0.827. The van der Waals surface area contributed by atoms with Crippen LogP contribution in [0.4, 0.5) is 10.5 Å². The van der Waals surface area contributed by atoms with Crippen molar-refractivity contribution >= 4 is 23.7 Å². The summed E-state index contributed by atoms with van der Waals surface area (Å²) in [7, 11) is 0. The molecule has 7 nitrogen and oxygen atoms in total. The lowest BCUT2D eigenvalue weighted by atomic mass is 9.73. The lowest BCUT2D eigenvalue weighted by molar-refractivity contribution is -0.158. The average Bonchev–Trinajstić information content (AvgIpc) is 3.18. The summed E-state index contributed by atoms with van der Waals surface area (Å²) < 4.78 is 10.7. The molecule has 2 amide bonds. The molecular weight excluding hydrogens is 300 g/mol. The van der Waals surface area contributed by atoms with E-state index >= 15 is 0 Å². The van der Waals surface area contributed by atoms with E-state index in [1.807, 2.05) is 18.2 Å². The summed E-state index contributed by atoms with van der Waals surface area (Å²) in [6.07, 6.45) is 1.05. The van der Waals surface area contributed by atoms with E-state index in [0.717, 1.165) is 0 Å². The zero-order valence-corrected chi connectivity index (χ0v) is 12.3. The Bertz CT molecular complexity index is 676. The summed E-state index contributed by atoms with van der Waals surface area (Å²) in [5.74, 6) is -2.16. The van der Waals surface area contributed by atoms with Crippen LogP contribution in [0.15, 0.2) is 30.3 Å². The van der Waals surface area contributed by atoms with Crippen LogP contribution < -0.4 is 10.6 Å². The molecule has 4 rings (SSSR count). The van der Waals surface area contributed by atoms with Crippen LogP contribution in [0.2, 0.25) is 0 Å². The van der Waals surface area contributed by atoms with Gasteiger partial charge in [-0.25, -0.2) is 4.79 Å². The van der Waals surface area contributed by atoms with Crippen LogP contribution in [0.3, 0.4) is 0 Å². The number of esters is 2. The molecule has 3 fully saturated rings. The average molecular weight is 316 g/mol. The zero-order valence-electron chi connectivity index (χ0n) is 12.3. The molecule has 120 valence electrons. The largest absolute Gasteiger partial charge is 0.393 e. The molecule has 1 aromatic carbocycles. The Morgan fingerprint density at radius 1 is 1.22 bits per heavy atom. The van der Waals surface area contributed by atoms with Gasteiger partial charge in [-0.15, -0.1) is 0 Å². The van der Waals surface area contributed by atoms with Crippen LogP contribution in [-0.2, 0) is 19.1 Å². The topological polar surface area (TPSA) is 93.7 Å². The molecule has 3 saturated heterocycles. The van der Waals surface area contributed by atoms with E-state index in [-0.39, 0.29) is 18.7 Å². The summed E-state index contributed by atoms with van der Waals surface area (Å²) in [5.41, 5.74) is -0.153. The standard InChI is InChI=1S/C16H16N2O5/c19-13-11-10-6-7-16(23-10,12(11)14(20)22-13)8-17-15(21)18-9-4-2-1-3-5-9/h1-5,10-12H,6-8H2,(H2,17,18,21). The Kier molecular flexibility index (Phi) is 3.12. The number of rotatable bonds is 3. The Morgan fingerprint density at radius 2 is 2.00 bits per heavy atom. The van der Waals surface area contributed by atoms with Crippen molar-refractivity contribution in [1.29, 1.82) is 0 Å². The number of urea groups is 1. The number of para-hydroxylation sites is 1. The predicted octanol–water partition coefficient (Wildman–Crippen LogP) is 1.06. The molecule has 2 bridgehead atoms. The highest BCUT2D eigenvalue weighted by atomic mass is 16.6. The van der Waals surface area contributed by atoms with Gasteiger partial charge in [-0.2, -0.15) is 0 Å². The third-order valence-electron chi connectivity index (χ3n) is 4.87. The van der Waals surface area contributed by atoms with Crippen molar-refractivity contribution < 1.29 is 23.9 Å². The van der Waals surface area contributed by atoms with E-state index in [9.17, 15) is 14.4 Å². The molecule has 2 N–H and O–H groups in total. The van der Waals surface area contributed by atoms with Gasteiger partial charge in [0.05, 0.1) is 12.0 Å². The maximum Gasteiger partial charge on any atom is 0.320 e. The Hall–Kier alpha value is -2.41. The van der Waals surface area contributed by atoms with Gasteiger partial charge >= 0.3 is 18.0 Å². The number of cyclic esters (lactones) is 2. The lowest BCUT2D eigenvalue weighted by Gasteiger charge is -2.29. The third kappa shape index (κ3) is 2.19. The normalized spacial score (nSPS) is 34.2. The van der Waals surface area contributed by atoms with E-state index in [1.54, 1.807) is 12.1 Å². The van der Waals surface area contributed by atoms with Gasteiger partial charge in [0, 0.05) is 12.2 Å². The number of ether oxygens (including phenoxy) is 2. The van der Waals surface area contributed by atoms with Gasteiger partial charge in [0.15, 0.2) is 0 Å². The van der Waals surface area contributed by atoms with Gasteiger partial charge < -0.3 is 20.1 Å². The number of fused-ring (bicyclic) bond motifs is 5. The number of carbonyl (C=O) groups excluding carboxylic acids is 3. The summed E-state index contributed by atoms with van der Waals surface area (Å²) in [5, 5.41) is 5.46. The molecule has 0 radical (unpaired) electrons. The Balaban J connectivity index is 1.43. The molecule has 0 saturated carbocycles. The maximum absolute atomic E-state index is 12.0. The second kappa shape index (κ2) is 5.06. The first-order valence-electron chi connectivity index (χ1n) is 7.62. The highest BCUT2D eigenvalue weighted by Crippen LogP contribution is 2.54. The molecule has 3 heterocycles. The van der Waals surface area contributed by atoms with Crippen LogP contribution in [0.5, 0.6) is 0 Å². The van der Waals surface area contributed by atoms with Crippen molar-refractivity contribution in [3.8, 4) is 0 Å². The summed E-state index contributed by atoms with van der Waals surface area (Å²) in [6.45, 7) is 0.172. The monoisotopic (exact) mass is 316 g/mol. The van der Waals surface area contributed by atoms with Crippen LogP contribution >= 0.6 is 0 Å². The van der Waals surface area contributed by atoms with Crippen molar-refractivity contribution in [2.24, 2.45) is 11.8 Å². The van der Waals surface area contributed by atoms with Gasteiger partial charge in [0.2, 0.25) is 0 Å². The predicted molar refractivity (Wildman–Crippen MR) is 78.4 cm³/mol. The quantitative estimate of drug-likeness (QED) is 0.642. The highest BCUT2D eigenvalue weighted by molar-refractivity contribution is 5.98. The van der Waals surface area contributed by atoms with E-state index in [4.69, 9.17) is 9.47 Å². The number of nitrogens with one attached hydrogen (secondary N) is 2. The molecule has 0 spiro atoms. The first-order chi connectivity index (χ1) is 11.1. The SMILES string of the molecule is O=C(NCC12CCC(O1)C1C(=O)OC(=O)C12)Nc1ccccc1. The van der Waals surface area contributed by atoms with Gasteiger partial charge in [0.25, 0.3) is 0 Å². The van der Waals surface area contributed by atoms with Gasteiger partial charge in [-0.1, -0.05) is 18.2 Å². The fourth-order valence-corrected chi connectivity index (χ4v) is 3.88. The summed E-state index contributed by atoms with van der Waals surface area (Å²) in [6, 6.07) is 8.67. The van der Waals surface area contributed by atoms with Crippen LogP contribution in [-0.4, -0.2) is 36.2 Å². The van der Waals surface area contributed by atoms with Gasteiger partial charge in [-0.3, -0.25) is 9.59 Å². The fraction of sp³-hybridized carbons (Fsp3) is 0.438. The molecular formula is C16H16N2O5. The number of hydrogen-bond donors (Lipinski definition) is 2. The molecule has 23 heavy (non-hydrogen) atoms. The van der Waals surface area contributed by atoms with Crippen molar-refractivity contribution in [2.75, 3.05) is 11.9 Å². The second-order valence-corrected chi connectivity index (χ2v) is 6.18. The first kappa shape index (κ1) is 14.2. The summed E-state index contributed by atoms with van der Waals surface area (Å²) >= 11 is 0. The highest BCUT2D eigenvalue weighted by Gasteiger charge is 2.68. The molecule has 0 aliphatic carbocycles. The van der Waals surface area contributed by atoms with Crippen molar-refractivity contribution in [3.05, 3.63) is 30.3 Å². The Morgan fingerprint density at radius 3 is 2.78 bits per heavy atom. The number of benzene rings is 1. The zero-order chi connectivity index (χ0) is 16.0. The molecule has 3 aliphatic heterocycles. The smallest absolute Gasteiger partial charge is 0.320 e. The van der Waals surface area contributed by atoms with Gasteiger partial charge in [-0.05, 0) is 25.0 Å². The van der Waals surface area contributed by atoms with Crippen molar-refractivity contribution in [1.82, 2.24) is 5.32 Å². The maximum atomic E-state index is 12.0. The Labute approximate surface area is 132 Å². The van der Waals surface area contributed by atoms with Crippen LogP contribution in [0.1, 0.15) is 12.8 Å².